The standard InChI is InChI=1S/C17H26N2O/c1-18(2)17(20)16(15-9-5-3-6-10-15)11-14-19-12-7-4-8-13-19/h3,5-6,9-10,16H,4,7-8,11-14H2,1-2H3. The van der Waals surface area contributed by atoms with Gasteiger partial charge in [-0.05, 0) is 44.5 Å². The molecule has 0 saturated carbocycles. The molecule has 110 valence electrons. The van der Waals surface area contributed by atoms with Crippen molar-refractivity contribution >= 4 is 5.91 Å². The van der Waals surface area contributed by atoms with Crippen molar-refractivity contribution in [1.82, 2.24) is 9.80 Å². The zero-order valence-electron chi connectivity index (χ0n) is 12.7. The number of piperidine rings is 1. The van der Waals surface area contributed by atoms with Crippen LogP contribution in [0.15, 0.2) is 30.3 Å². The van der Waals surface area contributed by atoms with Gasteiger partial charge in [-0.25, -0.2) is 0 Å². The Morgan fingerprint density at radius 2 is 1.80 bits per heavy atom. The molecule has 1 aromatic rings. The highest BCUT2D eigenvalue weighted by Gasteiger charge is 2.23. The van der Waals surface area contributed by atoms with Gasteiger partial charge in [0.2, 0.25) is 5.91 Å². The Kier molecular flexibility index (Phi) is 5.60. The van der Waals surface area contributed by atoms with Gasteiger partial charge in [0, 0.05) is 14.1 Å². The van der Waals surface area contributed by atoms with E-state index in [2.05, 4.69) is 17.0 Å². The van der Waals surface area contributed by atoms with E-state index < -0.39 is 0 Å². The quantitative estimate of drug-likeness (QED) is 0.824. The van der Waals surface area contributed by atoms with Crippen molar-refractivity contribution in [1.29, 1.82) is 0 Å². The fourth-order valence-corrected chi connectivity index (χ4v) is 2.92. The Morgan fingerprint density at radius 3 is 2.40 bits per heavy atom. The average Bonchev–Trinajstić information content (AvgIpc) is 2.49. The highest BCUT2D eigenvalue weighted by Crippen LogP contribution is 2.22. The lowest BCUT2D eigenvalue weighted by Crippen LogP contribution is -2.34. The van der Waals surface area contributed by atoms with Crippen LogP contribution in [0.4, 0.5) is 0 Å². The van der Waals surface area contributed by atoms with Crippen molar-refractivity contribution in [2.75, 3.05) is 33.7 Å². The minimum atomic E-state index is -0.00636. The summed E-state index contributed by atoms with van der Waals surface area (Å²) < 4.78 is 0. The summed E-state index contributed by atoms with van der Waals surface area (Å²) in [6.07, 6.45) is 4.88. The van der Waals surface area contributed by atoms with Crippen LogP contribution in [0, 0.1) is 0 Å². The van der Waals surface area contributed by atoms with E-state index in [1.54, 1.807) is 4.90 Å². The number of nitrogens with zero attached hydrogens (tertiary/aromatic N) is 2. The van der Waals surface area contributed by atoms with E-state index in [0.717, 1.165) is 18.5 Å². The number of hydrogen-bond donors (Lipinski definition) is 0. The Morgan fingerprint density at radius 1 is 1.15 bits per heavy atom. The molecule has 1 fully saturated rings. The third-order valence-electron chi connectivity index (χ3n) is 4.12. The zero-order chi connectivity index (χ0) is 14.4. The molecular weight excluding hydrogens is 248 g/mol. The molecule has 1 heterocycles. The Hall–Kier alpha value is -1.35. The molecule has 1 atom stereocenters. The second kappa shape index (κ2) is 7.44. The van der Waals surface area contributed by atoms with Gasteiger partial charge in [-0.15, -0.1) is 0 Å². The molecule has 1 aromatic carbocycles. The number of amides is 1. The molecule has 0 N–H and O–H groups in total. The number of carbonyl (C=O) groups excluding carboxylic acids is 1. The van der Waals surface area contributed by atoms with Gasteiger partial charge in [-0.3, -0.25) is 4.79 Å². The number of likely N-dealkylation sites (N-methyl/N-ethyl adjacent to an activating group) is 1. The Labute approximate surface area is 122 Å². The molecular formula is C17H26N2O. The molecule has 0 bridgehead atoms. The van der Waals surface area contributed by atoms with Crippen LogP contribution in [0.3, 0.4) is 0 Å². The Balaban J connectivity index is 2.01. The smallest absolute Gasteiger partial charge is 0.229 e. The lowest BCUT2D eigenvalue weighted by Gasteiger charge is -2.29. The maximum absolute atomic E-state index is 12.4. The molecule has 0 aromatic heterocycles. The van der Waals surface area contributed by atoms with E-state index in [9.17, 15) is 4.79 Å². The van der Waals surface area contributed by atoms with Gasteiger partial charge in [-0.2, -0.15) is 0 Å². The van der Waals surface area contributed by atoms with Crippen molar-refractivity contribution in [2.24, 2.45) is 0 Å². The van der Waals surface area contributed by atoms with Crippen LogP contribution < -0.4 is 0 Å². The minimum Gasteiger partial charge on any atom is -0.348 e. The third-order valence-corrected chi connectivity index (χ3v) is 4.12. The molecule has 20 heavy (non-hydrogen) atoms. The summed E-state index contributed by atoms with van der Waals surface area (Å²) in [5.41, 5.74) is 1.14. The van der Waals surface area contributed by atoms with Gasteiger partial charge in [0.15, 0.2) is 0 Å². The largest absolute Gasteiger partial charge is 0.348 e. The fraction of sp³-hybridized carbons (Fsp3) is 0.588. The summed E-state index contributed by atoms with van der Waals surface area (Å²) in [5.74, 6) is 0.210. The first-order chi connectivity index (χ1) is 9.68. The number of carbonyl (C=O) groups is 1. The number of rotatable bonds is 5. The van der Waals surface area contributed by atoms with Crippen molar-refractivity contribution in [2.45, 2.75) is 31.6 Å². The lowest BCUT2D eigenvalue weighted by molar-refractivity contribution is -0.130. The number of likely N-dealkylation sites (tertiary alicyclic amines) is 1. The van der Waals surface area contributed by atoms with Crippen LogP contribution in [0.2, 0.25) is 0 Å². The molecule has 0 spiro atoms. The normalized spacial score (nSPS) is 17.7. The molecule has 3 heteroatoms. The number of benzene rings is 1. The maximum Gasteiger partial charge on any atom is 0.229 e. The molecule has 0 aliphatic carbocycles. The Bertz CT molecular complexity index is 410. The van der Waals surface area contributed by atoms with Crippen LogP contribution in [0.1, 0.15) is 37.2 Å². The van der Waals surface area contributed by atoms with Crippen LogP contribution in [0.25, 0.3) is 0 Å². The summed E-state index contributed by atoms with van der Waals surface area (Å²) in [4.78, 5) is 16.6. The highest BCUT2D eigenvalue weighted by atomic mass is 16.2. The second-order valence-corrected chi connectivity index (χ2v) is 5.89. The van der Waals surface area contributed by atoms with Gasteiger partial charge >= 0.3 is 0 Å². The summed E-state index contributed by atoms with van der Waals surface area (Å²) in [6.45, 7) is 3.41. The predicted molar refractivity (Wildman–Crippen MR) is 82.8 cm³/mol. The maximum atomic E-state index is 12.4. The molecule has 1 saturated heterocycles. The summed E-state index contributed by atoms with van der Waals surface area (Å²) in [6, 6.07) is 10.2. The van der Waals surface area contributed by atoms with Crippen molar-refractivity contribution in [3.8, 4) is 0 Å². The lowest BCUT2D eigenvalue weighted by atomic mass is 9.94. The van der Waals surface area contributed by atoms with Crippen molar-refractivity contribution < 1.29 is 4.79 Å². The van der Waals surface area contributed by atoms with E-state index in [-0.39, 0.29) is 11.8 Å². The van der Waals surface area contributed by atoms with Crippen LogP contribution >= 0.6 is 0 Å². The number of hydrogen-bond acceptors (Lipinski definition) is 2. The first-order valence-electron chi connectivity index (χ1n) is 7.67. The monoisotopic (exact) mass is 274 g/mol. The molecule has 2 rings (SSSR count). The third kappa shape index (κ3) is 4.07. The molecule has 1 aliphatic heterocycles. The molecule has 0 radical (unpaired) electrons. The summed E-state index contributed by atoms with van der Waals surface area (Å²) in [5, 5.41) is 0. The van der Waals surface area contributed by atoms with Gasteiger partial charge in [0.1, 0.15) is 0 Å². The van der Waals surface area contributed by atoms with E-state index in [1.807, 2.05) is 32.3 Å². The fourth-order valence-electron chi connectivity index (χ4n) is 2.92. The van der Waals surface area contributed by atoms with E-state index in [4.69, 9.17) is 0 Å². The van der Waals surface area contributed by atoms with Gasteiger partial charge in [0.05, 0.1) is 5.92 Å². The van der Waals surface area contributed by atoms with Gasteiger partial charge in [-0.1, -0.05) is 36.8 Å². The first kappa shape index (κ1) is 15.0. The zero-order valence-corrected chi connectivity index (χ0v) is 12.7. The van der Waals surface area contributed by atoms with E-state index in [1.165, 1.54) is 32.4 Å². The minimum absolute atomic E-state index is 0.00636. The summed E-state index contributed by atoms with van der Waals surface area (Å²) in [7, 11) is 3.69. The van der Waals surface area contributed by atoms with Crippen molar-refractivity contribution in [3.63, 3.8) is 0 Å². The molecule has 1 aliphatic rings. The summed E-state index contributed by atoms with van der Waals surface area (Å²) >= 11 is 0. The van der Waals surface area contributed by atoms with Gasteiger partial charge < -0.3 is 9.80 Å². The second-order valence-electron chi connectivity index (χ2n) is 5.89. The highest BCUT2D eigenvalue weighted by molar-refractivity contribution is 5.83. The van der Waals surface area contributed by atoms with Crippen LogP contribution in [0.5, 0.6) is 0 Å². The molecule has 1 unspecified atom stereocenters. The molecule has 3 nitrogen and oxygen atoms in total. The van der Waals surface area contributed by atoms with E-state index in [0.29, 0.717) is 0 Å². The average molecular weight is 274 g/mol. The van der Waals surface area contributed by atoms with Crippen LogP contribution in [-0.2, 0) is 4.79 Å². The van der Waals surface area contributed by atoms with Crippen molar-refractivity contribution in [3.05, 3.63) is 35.9 Å². The first-order valence-corrected chi connectivity index (χ1v) is 7.67. The van der Waals surface area contributed by atoms with E-state index >= 15 is 0 Å². The van der Waals surface area contributed by atoms with Crippen LogP contribution in [-0.4, -0.2) is 49.4 Å². The SMILES string of the molecule is CN(C)C(=O)C(CCN1CCCCC1)c1ccccc1. The molecule has 1 amide bonds. The predicted octanol–water partition coefficient (Wildman–Crippen LogP) is 2.73. The van der Waals surface area contributed by atoms with Gasteiger partial charge in [0.25, 0.3) is 0 Å². The topological polar surface area (TPSA) is 23.6 Å².